The minimum absolute atomic E-state index is 0.624. The molecular formula is C75H47N7. The fourth-order valence-electron chi connectivity index (χ4n) is 12.9. The van der Waals surface area contributed by atoms with Gasteiger partial charge in [-0.15, -0.1) is 0 Å². The summed E-state index contributed by atoms with van der Waals surface area (Å²) < 4.78 is 9.73. The molecule has 0 saturated heterocycles. The highest BCUT2D eigenvalue weighted by atomic mass is 15.0. The van der Waals surface area contributed by atoms with Crippen molar-refractivity contribution >= 4 is 87.2 Å². The first-order valence-corrected chi connectivity index (χ1v) is 27.8. The van der Waals surface area contributed by atoms with Crippen molar-refractivity contribution in [2.24, 2.45) is 0 Å². The van der Waals surface area contributed by atoms with Crippen molar-refractivity contribution in [3.8, 4) is 68.0 Å². The molecule has 5 heterocycles. The number of nitrogens with zero attached hydrogens (tertiary/aromatic N) is 7. The zero-order valence-electron chi connectivity index (χ0n) is 44.3. The van der Waals surface area contributed by atoms with Crippen molar-refractivity contribution in [1.29, 1.82) is 0 Å². The number of para-hydroxylation sites is 5. The molecule has 7 heteroatoms. The highest BCUT2D eigenvalue weighted by molar-refractivity contribution is 6.15. The Morgan fingerprint density at radius 1 is 0.171 bits per heavy atom. The number of benzene rings is 12. The van der Waals surface area contributed by atoms with Gasteiger partial charge in [-0.05, 0) is 114 Å². The maximum Gasteiger partial charge on any atom is 0.164 e. The van der Waals surface area contributed by atoms with E-state index in [2.05, 4.69) is 243 Å². The Morgan fingerprint density at radius 3 is 0.841 bits per heavy atom. The Bertz CT molecular complexity index is 5070. The smallest absolute Gasteiger partial charge is 0.164 e. The quantitative estimate of drug-likeness (QED) is 0.152. The number of aromatic nitrogens is 7. The summed E-state index contributed by atoms with van der Waals surface area (Å²) in [5.74, 6) is 1.90. The van der Waals surface area contributed by atoms with Gasteiger partial charge in [0, 0.05) is 82.5 Å². The molecule has 5 aromatic heterocycles. The fourth-order valence-corrected chi connectivity index (χ4v) is 12.9. The van der Waals surface area contributed by atoms with Gasteiger partial charge in [0.15, 0.2) is 17.5 Å². The minimum atomic E-state index is 0.624. The van der Waals surface area contributed by atoms with Gasteiger partial charge in [-0.1, -0.05) is 182 Å². The van der Waals surface area contributed by atoms with Gasteiger partial charge in [0.1, 0.15) is 0 Å². The Balaban J connectivity index is 0.821. The molecule has 0 aliphatic rings. The first-order valence-electron chi connectivity index (χ1n) is 27.8. The third-order valence-electron chi connectivity index (χ3n) is 16.6. The zero-order valence-corrected chi connectivity index (χ0v) is 44.3. The van der Waals surface area contributed by atoms with E-state index in [9.17, 15) is 0 Å². The molecule has 17 rings (SSSR count). The molecule has 0 N–H and O–H groups in total. The summed E-state index contributed by atoms with van der Waals surface area (Å²) >= 11 is 0. The van der Waals surface area contributed by atoms with Gasteiger partial charge in [0.05, 0.1) is 44.1 Å². The number of hydrogen-bond acceptors (Lipinski definition) is 3. The molecule has 0 amide bonds. The molecular weight excluding hydrogens is 999 g/mol. The lowest BCUT2D eigenvalue weighted by Crippen LogP contribution is -2.00. The van der Waals surface area contributed by atoms with Gasteiger partial charge >= 0.3 is 0 Å². The average Bonchev–Trinajstić information content (AvgIpc) is 3.68. The van der Waals surface area contributed by atoms with Crippen LogP contribution >= 0.6 is 0 Å². The van der Waals surface area contributed by atoms with Crippen molar-refractivity contribution in [3.05, 3.63) is 285 Å². The van der Waals surface area contributed by atoms with Crippen molar-refractivity contribution < 1.29 is 0 Å². The van der Waals surface area contributed by atoms with Gasteiger partial charge in [-0.3, -0.25) is 0 Å². The second-order valence-electron chi connectivity index (χ2n) is 21.2. The number of fused-ring (bicyclic) bond motifs is 12. The molecule has 0 unspecified atom stereocenters. The number of hydrogen-bond donors (Lipinski definition) is 0. The van der Waals surface area contributed by atoms with Crippen molar-refractivity contribution in [3.63, 3.8) is 0 Å². The molecule has 0 aliphatic carbocycles. The summed E-state index contributed by atoms with van der Waals surface area (Å²) in [5.41, 5.74) is 18.7. The SMILES string of the molecule is c1ccc(-c2nc(-c3ccccc3)nc(-c3cccc(-c4cccc(-n5c6ccccc6c6cc(-n7c8ccc(-n9c%10ccccc%10c%10ccccc%109)cc8c8cc(-n9c%10ccccc%10c%10ccccc%109)ccc87)ccc65)c4)c3)n2)cc1. The lowest BCUT2D eigenvalue weighted by Gasteiger charge is -2.13. The molecule has 0 bridgehead atoms. The molecule has 0 radical (unpaired) electrons. The second kappa shape index (κ2) is 18.2. The molecule has 12 aromatic carbocycles. The molecule has 17 aromatic rings. The summed E-state index contributed by atoms with van der Waals surface area (Å²) in [6.45, 7) is 0. The molecule has 0 saturated carbocycles. The van der Waals surface area contributed by atoms with Gasteiger partial charge < -0.3 is 18.3 Å². The Morgan fingerprint density at radius 2 is 0.439 bits per heavy atom. The van der Waals surface area contributed by atoms with E-state index < -0.39 is 0 Å². The lowest BCUT2D eigenvalue weighted by molar-refractivity contribution is 1.07. The van der Waals surface area contributed by atoms with E-state index in [1.807, 2.05) is 60.7 Å². The van der Waals surface area contributed by atoms with E-state index in [1.54, 1.807) is 0 Å². The standard InChI is InChI=1S/C75H47N7/c1-3-19-48(20-4-1)73-76-74(49-21-5-2-6-22-49)78-75(77-73)52-25-17-23-50(43-52)51-24-18-26-53(44-51)79-69-36-16-11-31-61(69)62-45-54(37-40-70(62)79)82-71-41-38-55(80-65-32-12-7-27-57(65)58-28-8-13-33-66(58)80)46-63(71)64-47-56(39-42-72(64)82)81-67-34-14-9-29-59(67)60-30-10-15-35-68(60)81/h1-47H. The first kappa shape index (κ1) is 45.8. The summed E-state index contributed by atoms with van der Waals surface area (Å²) in [6, 6.07) is 103. The molecule has 0 aliphatic heterocycles. The summed E-state index contributed by atoms with van der Waals surface area (Å²) in [6.07, 6.45) is 0. The fraction of sp³-hybridized carbons (Fsp3) is 0. The van der Waals surface area contributed by atoms with E-state index in [1.165, 1.54) is 65.2 Å². The monoisotopic (exact) mass is 1050 g/mol. The highest BCUT2D eigenvalue weighted by Gasteiger charge is 2.22. The molecule has 382 valence electrons. The zero-order chi connectivity index (χ0) is 53.8. The third-order valence-corrected chi connectivity index (χ3v) is 16.6. The van der Waals surface area contributed by atoms with Crippen LogP contribution in [-0.2, 0) is 0 Å². The van der Waals surface area contributed by atoms with Crippen LogP contribution in [0.15, 0.2) is 285 Å². The van der Waals surface area contributed by atoms with Gasteiger partial charge in [-0.25, -0.2) is 15.0 Å². The van der Waals surface area contributed by atoms with Crippen LogP contribution in [0.25, 0.3) is 155 Å². The molecule has 82 heavy (non-hydrogen) atoms. The highest BCUT2D eigenvalue weighted by Crippen LogP contribution is 2.42. The van der Waals surface area contributed by atoms with Crippen LogP contribution < -0.4 is 0 Å². The molecule has 0 fully saturated rings. The normalized spacial score (nSPS) is 11.9. The maximum absolute atomic E-state index is 5.06. The van der Waals surface area contributed by atoms with E-state index in [4.69, 9.17) is 15.0 Å². The third kappa shape index (κ3) is 7.13. The van der Waals surface area contributed by atoms with Crippen molar-refractivity contribution in [1.82, 2.24) is 33.2 Å². The molecule has 7 nitrogen and oxygen atoms in total. The van der Waals surface area contributed by atoms with Crippen LogP contribution in [0.2, 0.25) is 0 Å². The van der Waals surface area contributed by atoms with Crippen LogP contribution in [-0.4, -0.2) is 33.2 Å². The molecule has 0 atom stereocenters. The topological polar surface area (TPSA) is 58.4 Å². The van der Waals surface area contributed by atoms with Gasteiger partial charge in [-0.2, -0.15) is 0 Å². The predicted octanol–water partition coefficient (Wildman–Crippen LogP) is 18.9. The summed E-state index contributed by atoms with van der Waals surface area (Å²) in [4.78, 5) is 15.1. The predicted molar refractivity (Wildman–Crippen MR) is 339 cm³/mol. The van der Waals surface area contributed by atoms with Gasteiger partial charge in [0.25, 0.3) is 0 Å². The lowest BCUT2D eigenvalue weighted by atomic mass is 10.0. The van der Waals surface area contributed by atoms with Crippen LogP contribution in [0.4, 0.5) is 0 Å². The van der Waals surface area contributed by atoms with E-state index in [0.717, 1.165) is 72.6 Å². The maximum atomic E-state index is 5.06. The Hall–Kier alpha value is -11.2. The summed E-state index contributed by atoms with van der Waals surface area (Å²) in [5, 5.41) is 9.71. The van der Waals surface area contributed by atoms with Crippen LogP contribution in [0.3, 0.4) is 0 Å². The largest absolute Gasteiger partial charge is 0.309 e. The van der Waals surface area contributed by atoms with Crippen molar-refractivity contribution in [2.75, 3.05) is 0 Å². The Labute approximate surface area is 471 Å². The van der Waals surface area contributed by atoms with Crippen LogP contribution in [0.1, 0.15) is 0 Å². The van der Waals surface area contributed by atoms with E-state index in [0.29, 0.717) is 17.5 Å². The summed E-state index contributed by atoms with van der Waals surface area (Å²) in [7, 11) is 0. The van der Waals surface area contributed by atoms with E-state index in [-0.39, 0.29) is 0 Å². The van der Waals surface area contributed by atoms with E-state index >= 15 is 0 Å². The number of rotatable bonds is 8. The average molecular weight is 1050 g/mol. The van der Waals surface area contributed by atoms with Crippen molar-refractivity contribution in [2.45, 2.75) is 0 Å². The van der Waals surface area contributed by atoms with Gasteiger partial charge in [0.2, 0.25) is 0 Å². The Kier molecular flexibility index (Phi) is 10.2. The molecule has 0 spiro atoms. The van der Waals surface area contributed by atoms with Crippen LogP contribution in [0, 0.1) is 0 Å². The second-order valence-corrected chi connectivity index (χ2v) is 21.2. The minimum Gasteiger partial charge on any atom is -0.309 e. The first-order chi connectivity index (χ1) is 40.7. The van der Waals surface area contributed by atoms with Crippen LogP contribution in [0.5, 0.6) is 0 Å².